The molecule has 0 aliphatic heterocycles. The molecule has 0 bridgehead atoms. The summed E-state index contributed by atoms with van der Waals surface area (Å²) < 4.78 is 12.4. The molecule has 0 saturated heterocycles. The average Bonchev–Trinajstić information content (AvgIpc) is 2.07. The van der Waals surface area contributed by atoms with Crippen molar-refractivity contribution >= 4 is 12.6 Å². The number of benzene rings is 1. The first-order valence-electron chi connectivity index (χ1n) is 3.88. The first-order valence-corrected chi connectivity index (χ1v) is 4.51. The topological polar surface area (TPSA) is 20.2 Å². The molecular weight excluding hydrogens is 187 g/mol. The lowest BCUT2D eigenvalue weighted by molar-refractivity contribution is 0.470. The summed E-state index contributed by atoms with van der Waals surface area (Å²) in [5.74, 6) is 0.261. The van der Waals surface area contributed by atoms with Crippen LogP contribution in [0.2, 0.25) is 0 Å². The highest BCUT2D eigenvalue weighted by Gasteiger charge is 2.02. The van der Waals surface area contributed by atoms with E-state index in [4.69, 9.17) is 0 Å². The third-order valence-corrected chi connectivity index (χ3v) is 2.05. The number of halogens is 1. The van der Waals surface area contributed by atoms with E-state index in [2.05, 4.69) is 19.2 Å². The summed E-state index contributed by atoms with van der Waals surface area (Å²) in [7, 11) is 0. The number of hydrogen-bond acceptors (Lipinski definition) is 2. The van der Waals surface area contributed by atoms with Gasteiger partial charge in [0.15, 0.2) is 0 Å². The van der Waals surface area contributed by atoms with E-state index in [9.17, 15) is 9.50 Å². The van der Waals surface area contributed by atoms with Crippen molar-refractivity contribution in [2.24, 2.45) is 0 Å². The van der Waals surface area contributed by atoms with E-state index in [0.29, 0.717) is 11.3 Å². The number of hydrogen-bond donors (Lipinski definition) is 2. The number of phenolic OH excluding ortho intramolecular Hbond substituents is 1. The third kappa shape index (κ3) is 2.77. The van der Waals surface area contributed by atoms with Gasteiger partial charge in [-0.25, -0.2) is 4.39 Å². The molecule has 0 aromatic heterocycles. The third-order valence-electron chi connectivity index (χ3n) is 1.71. The van der Waals surface area contributed by atoms with Crippen molar-refractivity contribution in [3.05, 3.63) is 41.7 Å². The van der Waals surface area contributed by atoms with E-state index in [1.807, 2.05) is 0 Å². The maximum absolute atomic E-state index is 12.4. The number of phenols is 1. The van der Waals surface area contributed by atoms with Gasteiger partial charge in [0.2, 0.25) is 0 Å². The van der Waals surface area contributed by atoms with Crippen LogP contribution in [-0.2, 0) is 12.2 Å². The molecule has 1 N–H and O–H groups in total. The highest BCUT2D eigenvalue weighted by atomic mass is 32.1. The van der Waals surface area contributed by atoms with Gasteiger partial charge in [-0.15, -0.1) is 0 Å². The van der Waals surface area contributed by atoms with Crippen LogP contribution in [-0.4, -0.2) is 5.11 Å². The smallest absolute Gasteiger partial charge is 0.119 e. The van der Waals surface area contributed by atoms with E-state index in [0.717, 1.165) is 5.56 Å². The second-order valence-corrected chi connectivity index (χ2v) is 3.13. The fourth-order valence-electron chi connectivity index (χ4n) is 1.10. The van der Waals surface area contributed by atoms with Crippen LogP contribution in [0.5, 0.6) is 5.75 Å². The molecule has 0 unspecified atom stereocenters. The lowest BCUT2D eigenvalue weighted by Gasteiger charge is -2.04. The van der Waals surface area contributed by atoms with Gasteiger partial charge >= 0.3 is 0 Å². The van der Waals surface area contributed by atoms with Gasteiger partial charge in [0.05, 0.1) is 5.83 Å². The van der Waals surface area contributed by atoms with Crippen LogP contribution in [0.3, 0.4) is 0 Å². The molecule has 0 fully saturated rings. The van der Waals surface area contributed by atoms with Crippen LogP contribution >= 0.6 is 12.6 Å². The molecule has 1 nitrogen and oxygen atoms in total. The number of thiol groups is 1. The Morgan fingerprint density at radius 2 is 2.23 bits per heavy atom. The van der Waals surface area contributed by atoms with Crippen molar-refractivity contribution < 1.29 is 9.50 Å². The van der Waals surface area contributed by atoms with Crippen molar-refractivity contribution in [2.45, 2.75) is 12.2 Å². The molecule has 0 radical (unpaired) electrons. The van der Waals surface area contributed by atoms with E-state index in [1.54, 1.807) is 18.2 Å². The number of aromatic hydroxyl groups is 1. The van der Waals surface area contributed by atoms with Crippen molar-refractivity contribution in [3.8, 4) is 5.75 Å². The predicted molar refractivity (Wildman–Crippen MR) is 54.7 cm³/mol. The SMILES string of the molecule is C=C(F)Cc1ccc(O)c(CS)c1. The van der Waals surface area contributed by atoms with Gasteiger partial charge in [0, 0.05) is 17.7 Å². The van der Waals surface area contributed by atoms with Crippen LogP contribution < -0.4 is 0 Å². The molecule has 3 heteroatoms. The van der Waals surface area contributed by atoms with Gasteiger partial charge < -0.3 is 5.11 Å². The second kappa shape index (κ2) is 4.33. The summed E-state index contributed by atoms with van der Waals surface area (Å²) in [5.41, 5.74) is 1.51. The van der Waals surface area contributed by atoms with Crippen LogP contribution in [0.4, 0.5) is 4.39 Å². The first kappa shape index (κ1) is 10.1. The minimum absolute atomic E-state index is 0.195. The minimum Gasteiger partial charge on any atom is -0.508 e. The number of allylic oxidation sites excluding steroid dienone is 1. The van der Waals surface area contributed by atoms with Gasteiger partial charge in [-0.05, 0) is 11.6 Å². The van der Waals surface area contributed by atoms with E-state index in [-0.39, 0.29) is 18.0 Å². The van der Waals surface area contributed by atoms with Crippen molar-refractivity contribution in [3.63, 3.8) is 0 Å². The number of rotatable bonds is 3. The Bertz CT molecular complexity index is 323. The molecule has 0 amide bonds. The normalized spacial score (nSPS) is 10.0. The molecule has 70 valence electrons. The van der Waals surface area contributed by atoms with Crippen molar-refractivity contribution in [2.75, 3.05) is 0 Å². The Balaban J connectivity index is 2.92. The summed E-state index contributed by atoms with van der Waals surface area (Å²) in [6, 6.07) is 4.95. The minimum atomic E-state index is -0.379. The predicted octanol–water partition coefficient (Wildman–Crippen LogP) is 2.85. The standard InChI is InChI=1S/C10H11FOS/c1-7(11)4-8-2-3-10(12)9(5-8)6-13/h2-3,5,12-13H,1,4,6H2. The van der Waals surface area contributed by atoms with E-state index in [1.165, 1.54) is 0 Å². The van der Waals surface area contributed by atoms with Crippen molar-refractivity contribution in [1.29, 1.82) is 0 Å². The van der Waals surface area contributed by atoms with Crippen LogP contribution in [0.25, 0.3) is 0 Å². The largest absolute Gasteiger partial charge is 0.508 e. The fraction of sp³-hybridized carbons (Fsp3) is 0.200. The van der Waals surface area contributed by atoms with E-state index < -0.39 is 0 Å². The summed E-state index contributed by atoms with van der Waals surface area (Å²) in [4.78, 5) is 0. The maximum atomic E-state index is 12.4. The molecule has 0 aliphatic carbocycles. The quantitative estimate of drug-likeness (QED) is 0.715. The molecule has 1 rings (SSSR count). The molecule has 0 spiro atoms. The van der Waals surface area contributed by atoms with E-state index >= 15 is 0 Å². The first-order chi connectivity index (χ1) is 6.13. The Morgan fingerprint density at radius 3 is 2.77 bits per heavy atom. The van der Waals surface area contributed by atoms with Crippen molar-refractivity contribution in [1.82, 2.24) is 0 Å². The molecule has 0 atom stereocenters. The van der Waals surface area contributed by atoms with Gasteiger partial charge in [0.25, 0.3) is 0 Å². The van der Waals surface area contributed by atoms with Gasteiger partial charge in [0.1, 0.15) is 5.75 Å². The zero-order valence-corrected chi connectivity index (χ0v) is 8.02. The van der Waals surface area contributed by atoms with Gasteiger partial charge in [-0.3, -0.25) is 0 Å². The Hall–Kier alpha value is -0.960. The van der Waals surface area contributed by atoms with Crippen LogP contribution in [0, 0.1) is 0 Å². The summed E-state index contributed by atoms with van der Waals surface area (Å²) in [6.45, 7) is 3.18. The molecule has 0 saturated carbocycles. The van der Waals surface area contributed by atoms with Crippen LogP contribution in [0.1, 0.15) is 11.1 Å². The monoisotopic (exact) mass is 198 g/mol. The lowest BCUT2D eigenvalue weighted by atomic mass is 10.1. The fourth-order valence-corrected chi connectivity index (χ4v) is 1.35. The molecular formula is C10H11FOS. The highest BCUT2D eigenvalue weighted by molar-refractivity contribution is 7.79. The van der Waals surface area contributed by atoms with Crippen LogP contribution in [0.15, 0.2) is 30.6 Å². The molecule has 13 heavy (non-hydrogen) atoms. The lowest BCUT2D eigenvalue weighted by Crippen LogP contribution is -1.87. The molecule has 0 heterocycles. The Labute approximate surface area is 82.3 Å². The average molecular weight is 198 g/mol. The molecule has 0 aliphatic rings. The van der Waals surface area contributed by atoms with Gasteiger partial charge in [-0.2, -0.15) is 12.6 Å². The summed E-state index contributed by atoms with van der Waals surface area (Å²) in [6.07, 6.45) is 0.195. The Morgan fingerprint density at radius 1 is 1.54 bits per heavy atom. The zero-order chi connectivity index (χ0) is 9.84. The summed E-state index contributed by atoms with van der Waals surface area (Å²) >= 11 is 4.04. The zero-order valence-electron chi connectivity index (χ0n) is 7.13. The van der Waals surface area contributed by atoms with Gasteiger partial charge in [-0.1, -0.05) is 18.7 Å². The summed E-state index contributed by atoms with van der Waals surface area (Å²) in [5, 5.41) is 9.30. The second-order valence-electron chi connectivity index (χ2n) is 2.82. The molecule has 1 aromatic carbocycles. The highest BCUT2D eigenvalue weighted by Crippen LogP contribution is 2.21. The Kier molecular flexibility index (Phi) is 3.37. The maximum Gasteiger partial charge on any atom is 0.119 e. The molecule has 1 aromatic rings.